The summed E-state index contributed by atoms with van der Waals surface area (Å²) in [6.45, 7) is 4.32. The highest BCUT2D eigenvalue weighted by atomic mass is 16.6. The lowest BCUT2D eigenvalue weighted by atomic mass is 10.2. The first-order valence-electron chi connectivity index (χ1n) is 6.60. The molecule has 21 heavy (non-hydrogen) atoms. The van der Waals surface area contributed by atoms with Gasteiger partial charge in [0.1, 0.15) is 23.9 Å². The molecule has 0 aromatic carbocycles. The van der Waals surface area contributed by atoms with E-state index in [9.17, 15) is 15.2 Å². The van der Waals surface area contributed by atoms with E-state index in [0.717, 1.165) is 17.7 Å². The fraction of sp³-hybridized carbons (Fsp3) is 0.462. The summed E-state index contributed by atoms with van der Waals surface area (Å²) in [4.78, 5) is 10.0. The van der Waals surface area contributed by atoms with Gasteiger partial charge in [0, 0.05) is 6.54 Å². The summed E-state index contributed by atoms with van der Waals surface area (Å²) < 4.78 is 6.84. The molecule has 2 rings (SSSR count). The van der Waals surface area contributed by atoms with E-state index in [-0.39, 0.29) is 18.3 Å². The van der Waals surface area contributed by atoms with Gasteiger partial charge in [-0.25, -0.2) is 0 Å². The Morgan fingerprint density at radius 3 is 2.90 bits per heavy atom. The van der Waals surface area contributed by atoms with Gasteiger partial charge in [0.05, 0.1) is 23.6 Å². The number of hydrogen-bond acceptors (Lipinski definition) is 6. The van der Waals surface area contributed by atoms with Crippen LogP contribution >= 0.6 is 0 Å². The third-order valence-electron chi connectivity index (χ3n) is 3.08. The monoisotopic (exact) mass is 294 g/mol. The highest BCUT2D eigenvalue weighted by molar-refractivity contribution is 5.20. The minimum atomic E-state index is -0.706. The number of nitrogens with zero attached hydrogens (tertiary/aromatic N) is 3. The third-order valence-corrected chi connectivity index (χ3v) is 3.08. The van der Waals surface area contributed by atoms with Crippen molar-refractivity contribution in [1.82, 2.24) is 15.1 Å². The van der Waals surface area contributed by atoms with Crippen molar-refractivity contribution in [2.75, 3.05) is 6.54 Å². The Morgan fingerprint density at radius 1 is 1.57 bits per heavy atom. The zero-order valence-electron chi connectivity index (χ0n) is 11.9. The Morgan fingerprint density at radius 2 is 2.33 bits per heavy atom. The van der Waals surface area contributed by atoms with Crippen LogP contribution in [0.1, 0.15) is 24.5 Å². The van der Waals surface area contributed by atoms with Crippen LogP contribution in [0.15, 0.2) is 28.9 Å². The van der Waals surface area contributed by atoms with E-state index < -0.39 is 11.0 Å². The molecule has 114 valence electrons. The third kappa shape index (κ3) is 4.14. The van der Waals surface area contributed by atoms with Crippen LogP contribution in [0.5, 0.6) is 0 Å². The number of aliphatic hydroxyl groups excluding tert-OH is 1. The molecule has 2 heterocycles. The zero-order chi connectivity index (χ0) is 15.4. The summed E-state index contributed by atoms with van der Waals surface area (Å²) >= 11 is 0. The van der Waals surface area contributed by atoms with Crippen molar-refractivity contribution in [3.8, 4) is 0 Å². The molecule has 0 radical (unpaired) electrons. The Kier molecular flexibility index (Phi) is 4.71. The molecule has 8 nitrogen and oxygen atoms in total. The standard InChI is InChI=1S/C13H18N4O4/c1-9-3-4-13(21-9)10(2)14-6-12(18)8-16-7-11(5-15-16)17(19)20/h3-5,7,10,12,14,18H,6,8H2,1-2H3. The fourth-order valence-electron chi connectivity index (χ4n) is 1.93. The lowest BCUT2D eigenvalue weighted by Gasteiger charge is -2.15. The van der Waals surface area contributed by atoms with Gasteiger partial charge in [-0.05, 0) is 26.0 Å². The van der Waals surface area contributed by atoms with E-state index >= 15 is 0 Å². The molecule has 8 heteroatoms. The summed E-state index contributed by atoms with van der Waals surface area (Å²) in [6, 6.07) is 3.74. The van der Waals surface area contributed by atoms with Crippen molar-refractivity contribution in [3.05, 3.63) is 46.2 Å². The Bertz CT molecular complexity index is 607. The SMILES string of the molecule is Cc1ccc(C(C)NCC(O)Cn2cc([N+](=O)[O-])cn2)o1. The summed E-state index contributed by atoms with van der Waals surface area (Å²) in [5, 5.41) is 27.4. The van der Waals surface area contributed by atoms with Crippen LogP contribution in [0.3, 0.4) is 0 Å². The molecule has 0 fully saturated rings. The molecule has 2 N–H and O–H groups in total. The Balaban J connectivity index is 1.81. The van der Waals surface area contributed by atoms with E-state index in [1.807, 2.05) is 26.0 Å². The lowest BCUT2D eigenvalue weighted by molar-refractivity contribution is -0.385. The molecule has 0 aliphatic heterocycles. The van der Waals surface area contributed by atoms with Crippen LogP contribution in [0.2, 0.25) is 0 Å². The van der Waals surface area contributed by atoms with Crippen LogP contribution in [0, 0.1) is 17.0 Å². The van der Waals surface area contributed by atoms with Crippen molar-refractivity contribution >= 4 is 5.69 Å². The molecule has 0 spiro atoms. The minimum Gasteiger partial charge on any atom is -0.465 e. The molecule has 2 atom stereocenters. The maximum Gasteiger partial charge on any atom is 0.306 e. The second-order valence-corrected chi connectivity index (χ2v) is 4.91. The molecule has 0 aliphatic rings. The average molecular weight is 294 g/mol. The van der Waals surface area contributed by atoms with E-state index in [2.05, 4.69) is 10.4 Å². The van der Waals surface area contributed by atoms with Crippen molar-refractivity contribution < 1.29 is 14.4 Å². The number of hydrogen-bond donors (Lipinski definition) is 2. The first-order valence-corrected chi connectivity index (χ1v) is 6.60. The maximum absolute atomic E-state index is 10.5. The van der Waals surface area contributed by atoms with Crippen molar-refractivity contribution in [2.24, 2.45) is 0 Å². The van der Waals surface area contributed by atoms with Crippen LogP contribution in [0.25, 0.3) is 0 Å². The zero-order valence-corrected chi connectivity index (χ0v) is 11.9. The van der Waals surface area contributed by atoms with Gasteiger partial charge in [0.25, 0.3) is 0 Å². The topological polar surface area (TPSA) is 106 Å². The van der Waals surface area contributed by atoms with Gasteiger partial charge in [-0.1, -0.05) is 0 Å². The number of aliphatic hydroxyl groups is 1. The fourth-order valence-corrected chi connectivity index (χ4v) is 1.93. The highest BCUT2D eigenvalue weighted by Crippen LogP contribution is 2.15. The molecule has 0 aliphatic carbocycles. The molecule has 0 saturated heterocycles. The van der Waals surface area contributed by atoms with Crippen LogP contribution < -0.4 is 5.32 Å². The van der Waals surface area contributed by atoms with Crippen LogP contribution in [0.4, 0.5) is 5.69 Å². The first-order chi connectivity index (χ1) is 9.95. The van der Waals surface area contributed by atoms with Crippen LogP contribution in [-0.2, 0) is 6.54 Å². The second kappa shape index (κ2) is 6.51. The number of rotatable bonds is 7. The quantitative estimate of drug-likeness (QED) is 0.590. The van der Waals surface area contributed by atoms with Gasteiger partial charge in [-0.3, -0.25) is 14.8 Å². The van der Waals surface area contributed by atoms with Gasteiger partial charge in [0.15, 0.2) is 0 Å². The Labute approximate surface area is 121 Å². The predicted octanol–water partition coefficient (Wildman–Crippen LogP) is 1.40. The maximum atomic E-state index is 10.5. The van der Waals surface area contributed by atoms with E-state index in [1.54, 1.807) is 0 Å². The Hall–Kier alpha value is -2.19. The first kappa shape index (κ1) is 15.2. The smallest absolute Gasteiger partial charge is 0.306 e. The van der Waals surface area contributed by atoms with Gasteiger partial charge >= 0.3 is 5.69 Å². The highest BCUT2D eigenvalue weighted by Gasteiger charge is 2.14. The number of aryl methyl sites for hydroxylation is 1. The van der Waals surface area contributed by atoms with Crippen LogP contribution in [-0.4, -0.2) is 32.5 Å². The molecule has 2 aromatic heterocycles. The van der Waals surface area contributed by atoms with Gasteiger partial charge in [-0.2, -0.15) is 5.10 Å². The lowest BCUT2D eigenvalue weighted by Crippen LogP contribution is -2.32. The molecular weight excluding hydrogens is 276 g/mol. The van der Waals surface area contributed by atoms with Gasteiger partial charge in [0.2, 0.25) is 0 Å². The summed E-state index contributed by atoms with van der Waals surface area (Å²) in [7, 11) is 0. The van der Waals surface area contributed by atoms with E-state index in [0.29, 0.717) is 6.54 Å². The second-order valence-electron chi connectivity index (χ2n) is 4.91. The molecule has 2 aromatic rings. The minimum absolute atomic E-state index is 0.0275. The van der Waals surface area contributed by atoms with Crippen molar-refractivity contribution in [1.29, 1.82) is 0 Å². The number of nitrogens with one attached hydrogen (secondary N) is 1. The molecule has 2 unspecified atom stereocenters. The summed E-state index contributed by atoms with van der Waals surface area (Å²) in [5.41, 5.74) is -0.0883. The number of furan rings is 1. The summed E-state index contributed by atoms with van der Waals surface area (Å²) in [6.07, 6.45) is 1.75. The summed E-state index contributed by atoms with van der Waals surface area (Å²) in [5.74, 6) is 1.64. The van der Waals surface area contributed by atoms with E-state index in [4.69, 9.17) is 4.42 Å². The molecule has 0 saturated carbocycles. The largest absolute Gasteiger partial charge is 0.465 e. The van der Waals surface area contributed by atoms with E-state index in [1.165, 1.54) is 10.9 Å². The van der Waals surface area contributed by atoms with Crippen molar-refractivity contribution in [2.45, 2.75) is 32.5 Å². The number of aromatic nitrogens is 2. The molecule has 0 bridgehead atoms. The van der Waals surface area contributed by atoms with Gasteiger partial charge < -0.3 is 14.8 Å². The normalized spacial score (nSPS) is 14.0. The number of nitro groups is 1. The van der Waals surface area contributed by atoms with Crippen molar-refractivity contribution in [3.63, 3.8) is 0 Å². The van der Waals surface area contributed by atoms with Gasteiger partial charge in [-0.15, -0.1) is 0 Å². The molecular formula is C13H18N4O4. The molecule has 0 amide bonds. The average Bonchev–Trinajstić information content (AvgIpc) is 3.05. The predicted molar refractivity (Wildman–Crippen MR) is 74.8 cm³/mol.